The maximum absolute atomic E-state index is 11.7. The Balaban J connectivity index is 2.40. The molecule has 0 bridgehead atoms. The van der Waals surface area contributed by atoms with Crippen molar-refractivity contribution in [1.82, 2.24) is 15.4 Å². The molecule has 10 heteroatoms. The zero-order chi connectivity index (χ0) is 18.6. The van der Waals surface area contributed by atoms with Gasteiger partial charge in [0.25, 0.3) is 5.91 Å². The zero-order valence-corrected chi connectivity index (χ0v) is 15.4. The summed E-state index contributed by atoms with van der Waals surface area (Å²) in [6.07, 6.45) is -0.820. The van der Waals surface area contributed by atoms with Crippen LogP contribution in [0.4, 0.5) is 0 Å². The maximum atomic E-state index is 11.7. The molecule has 0 aliphatic heterocycles. The van der Waals surface area contributed by atoms with Crippen molar-refractivity contribution in [1.29, 1.82) is 0 Å². The van der Waals surface area contributed by atoms with Gasteiger partial charge in [0.15, 0.2) is 23.3 Å². The molecule has 1 heterocycles. The zero-order valence-electron chi connectivity index (χ0n) is 13.8. The standard InChI is InChI=1S/C15H17BrN4O5/c1-4-24-15(22)7(2)25-11-6-9(16)8(5-10(11)23-3)12-13(14(17)21)19-20-18-12/h5-7H,4H2,1-3H3,(H2,17,21)(H,18,19,20). The van der Waals surface area contributed by atoms with Crippen LogP contribution in [0, 0.1) is 0 Å². The van der Waals surface area contributed by atoms with Crippen LogP contribution in [0.3, 0.4) is 0 Å². The molecule has 9 nitrogen and oxygen atoms in total. The largest absolute Gasteiger partial charge is 0.493 e. The fourth-order valence-electron chi connectivity index (χ4n) is 2.06. The van der Waals surface area contributed by atoms with Gasteiger partial charge in [-0.3, -0.25) is 4.79 Å². The Morgan fingerprint density at radius 1 is 1.32 bits per heavy atom. The Morgan fingerprint density at radius 3 is 2.64 bits per heavy atom. The molecule has 1 amide bonds. The lowest BCUT2D eigenvalue weighted by molar-refractivity contribution is -0.150. The molecule has 1 unspecified atom stereocenters. The molecule has 1 atom stereocenters. The number of benzene rings is 1. The number of esters is 1. The molecule has 1 aromatic heterocycles. The lowest BCUT2D eigenvalue weighted by atomic mass is 10.1. The molecule has 0 aliphatic carbocycles. The molecule has 0 aliphatic rings. The fraction of sp³-hybridized carbons (Fsp3) is 0.333. The number of carbonyl (C=O) groups is 2. The van der Waals surface area contributed by atoms with Crippen LogP contribution >= 0.6 is 15.9 Å². The minimum Gasteiger partial charge on any atom is -0.493 e. The first kappa shape index (κ1) is 18.7. The number of aromatic amines is 1. The first-order chi connectivity index (χ1) is 11.9. The van der Waals surface area contributed by atoms with Crippen LogP contribution in [0.1, 0.15) is 24.3 Å². The van der Waals surface area contributed by atoms with Crippen molar-refractivity contribution in [2.75, 3.05) is 13.7 Å². The molecule has 0 saturated heterocycles. The third-order valence-electron chi connectivity index (χ3n) is 3.21. The van der Waals surface area contributed by atoms with Gasteiger partial charge in [0.2, 0.25) is 0 Å². The van der Waals surface area contributed by atoms with Gasteiger partial charge >= 0.3 is 5.97 Å². The van der Waals surface area contributed by atoms with Gasteiger partial charge in [0, 0.05) is 10.0 Å². The Kier molecular flexibility index (Phi) is 5.97. The van der Waals surface area contributed by atoms with Crippen LogP contribution in [0.25, 0.3) is 11.3 Å². The monoisotopic (exact) mass is 412 g/mol. The number of primary amides is 1. The number of carbonyl (C=O) groups excluding carboxylic acids is 2. The van der Waals surface area contributed by atoms with Crippen LogP contribution < -0.4 is 15.2 Å². The average molecular weight is 413 g/mol. The highest BCUT2D eigenvalue weighted by molar-refractivity contribution is 9.10. The molecule has 25 heavy (non-hydrogen) atoms. The van der Waals surface area contributed by atoms with Crippen molar-refractivity contribution >= 4 is 27.8 Å². The average Bonchev–Trinajstić information content (AvgIpc) is 3.05. The van der Waals surface area contributed by atoms with Crippen molar-refractivity contribution in [3.05, 3.63) is 22.3 Å². The Morgan fingerprint density at radius 2 is 2.04 bits per heavy atom. The highest BCUT2D eigenvalue weighted by Crippen LogP contribution is 2.39. The number of nitrogens with one attached hydrogen (secondary N) is 1. The molecule has 134 valence electrons. The normalized spacial score (nSPS) is 11.7. The topological polar surface area (TPSA) is 129 Å². The summed E-state index contributed by atoms with van der Waals surface area (Å²) in [5, 5.41) is 10.1. The van der Waals surface area contributed by atoms with E-state index in [-0.39, 0.29) is 18.0 Å². The summed E-state index contributed by atoms with van der Waals surface area (Å²) in [7, 11) is 1.45. The van der Waals surface area contributed by atoms with Gasteiger partial charge in [-0.25, -0.2) is 4.79 Å². The number of ether oxygens (including phenoxy) is 3. The molecule has 2 aromatic rings. The molecule has 3 N–H and O–H groups in total. The maximum Gasteiger partial charge on any atom is 0.347 e. The van der Waals surface area contributed by atoms with Gasteiger partial charge < -0.3 is 19.9 Å². The molecular weight excluding hydrogens is 396 g/mol. The first-order valence-electron chi connectivity index (χ1n) is 7.30. The molecular formula is C15H17BrN4O5. The smallest absolute Gasteiger partial charge is 0.347 e. The van der Waals surface area contributed by atoms with Crippen molar-refractivity contribution in [2.24, 2.45) is 5.73 Å². The second kappa shape index (κ2) is 7.97. The molecule has 0 spiro atoms. The lowest BCUT2D eigenvalue weighted by Crippen LogP contribution is -2.26. The fourth-order valence-corrected chi connectivity index (χ4v) is 2.57. The summed E-state index contributed by atoms with van der Waals surface area (Å²) in [5.74, 6) is -0.543. The van der Waals surface area contributed by atoms with Crippen LogP contribution in [0.5, 0.6) is 11.5 Å². The number of H-pyrrole nitrogens is 1. The molecule has 0 fully saturated rings. The SMILES string of the molecule is CCOC(=O)C(C)Oc1cc(Br)c(-c2n[nH]nc2C(N)=O)cc1OC. The minimum atomic E-state index is -0.820. The van der Waals surface area contributed by atoms with Crippen molar-refractivity contribution in [3.8, 4) is 22.8 Å². The quantitative estimate of drug-likeness (QED) is 0.661. The summed E-state index contributed by atoms with van der Waals surface area (Å²) in [5.41, 5.74) is 6.08. The predicted molar refractivity (Wildman–Crippen MR) is 91.3 cm³/mol. The van der Waals surface area contributed by atoms with Crippen molar-refractivity contribution in [2.45, 2.75) is 20.0 Å². The summed E-state index contributed by atoms with van der Waals surface area (Å²) in [6.45, 7) is 3.54. The third kappa shape index (κ3) is 4.08. The van der Waals surface area contributed by atoms with E-state index >= 15 is 0 Å². The molecule has 0 radical (unpaired) electrons. The summed E-state index contributed by atoms with van der Waals surface area (Å²) >= 11 is 3.39. The van der Waals surface area contributed by atoms with Gasteiger partial charge in [0.1, 0.15) is 5.69 Å². The van der Waals surface area contributed by atoms with E-state index in [0.29, 0.717) is 21.5 Å². The summed E-state index contributed by atoms with van der Waals surface area (Å²) < 4.78 is 16.4. The van der Waals surface area contributed by atoms with Crippen LogP contribution in [-0.2, 0) is 9.53 Å². The highest BCUT2D eigenvalue weighted by atomic mass is 79.9. The lowest BCUT2D eigenvalue weighted by Gasteiger charge is -2.17. The number of nitrogens with two attached hydrogens (primary N) is 1. The van der Waals surface area contributed by atoms with E-state index in [0.717, 1.165) is 0 Å². The van der Waals surface area contributed by atoms with Gasteiger partial charge in [0.05, 0.1) is 13.7 Å². The van der Waals surface area contributed by atoms with E-state index in [9.17, 15) is 9.59 Å². The molecule has 2 rings (SSSR count). The van der Waals surface area contributed by atoms with E-state index in [2.05, 4.69) is 31.3 Å². The highest BCUT2D eigenvalue weighted by Gasteiger charge is 2.22. The van der Waals surface area contributed by atoms with Gasteiger partial charge in [-0.2, -0.15) is 15.4 Å². The predicted octanol–water partition coefficient (Wildman–Crippen LogP) is 1.67. The number of hydrogen-bond donors (Lipinski definition) is 2. The van der Waals surface area contributed by atoms with Crippen molar-refractivity contribution < 1.29 is 23.8 Å². The summed E-state index contributed by atoms with van der Waals surface area (Å²) in [4.78, 5) is 23.2. The first-order valence-corrected chi connectivity index (χ1v) is 8.10. The van der Waals surface area contributed by atoms with E-state index < -0.39 is 18.0 Å². The third-order valence-corrected chi connectivity index (χ3v) is 3.87. The van der Waals surface area contributed by atoms with Crippen LogP contribution in [0.15, 0.2) is 16.6 Å². The van der Waals surface area contributed by atoms with E-state index in [1.54, 1.807) is 26.0 Å². The van der Waals surface area contributed by atoms with Gasteiger partial charge in [-0.05, 0) is 41.9 Å². The molecule has 1 aromatic carbocycles. The number of nitrogens with zero attached hydrogens (tertiary/aromatic N) is 2. The number of halogens is 1. The number of aromatic nitrogens is 3. The second-order valence-electron chi connectivity index (χ2n) is 4.88. The van der Waals surface area contributed by atoms with Crippen LogP contribution in [-0.4, -0.2) is 47.1 Å². The van der Waals surface area contributed by atoms with E-state index in [4.69, 9.17) is 19.9 Å². The van der Waals surface area contributed by atoms with Crippen LogP contribution in [0.2, 0.25) is 0 Å². The Hall–Kier alpha value is -2.62. The van der Waals surface area contributed by atoms with E-state index in [1.165, 1.54) is 7.11 Å². The van der Waals surface area contributed by atoms with Crippen molar-refractivity contribution in [3.63, 3.8) is 0 Å². The number of rotatable bonds is 7. The molecule has 0 saturated carbocycles. The second-order valence-corrected chi connectivity index (χ2v) is 5.73. The van der Waals surface area contributed by atoms with Gasteiger partial charge in [-0.1, -0.05) is 0 Å². The number of hydrogen-bond acceptors (Lipinski definition) is 7. The number of methoxy groups -OCH3 is 1. The Labute approximate surface area is 151 Å². The number of amides is 1. The summed E-state index contributed by atoms with van der Waals surface area (Å²) in [6, 6.07) is 3.20. The van der Waals surface area contributed by atoms with E-state index in [1.807, 2.05) is 0 Å². The van der Waals surface area contributed by atoms with Gasteiger partial charge in [-0.15, -0.1) is 0 Å². The Bertz CT molecular complexity index is 792. The minimum absolute atomic E-state index is 0.00341.